The Morgan fingerprint density at radius 3 is 1.75 bits per heavy atom. The molecule has 0 heterocycles. The van der Waals surface area contributed by atoms with Crippen LogP contribution >= 0.6 is 12.6 Å². The van der Waals surface area contributed by atoms with Crippen molar-refractivity contribution in [3.8, 4) is 0 Å². The van der Waals surface area contributed by atoms with E-state index in [9.17, 15) is 0 Å². The SMILES string of the molecule is N.Sc1ccccc1. The van der Waals surface area contributed by atoms with Gasteiger partial charge in [0, 0.05) is 4.90 Å². The first-order chi connectivity index (χ1) is 3.39. The normalized spacial score (nSPS) is 7.62. The molecular weight excluding hydrogens is 118 g/mol. The molecule has 0 amide bonds. The van der Waals surface area contributed by atoms with Crippen LogP contribution in [0.5, 0.6) is 0 Å². The Morgan fingerprint density at radius 1 is 1.00 bits per heavy atom. The average molecular weight is 127 g/mol. The van der Waals surface area contributed by atoms with Gasteiger partial charge in [0.1, 0.15) is 0 Å². The lowest BCUT2D eigenvalue weighted by atomic mass is 10.4. The van der Waals surface area contributed by atoms with Gasteiger partial charge in [-0.3, -0.25) is 0 Å². The van der Waals surface area contributed by atoms with Crippen LogP contribution in [-0.2, 0) is 0 Å². The van der Waals surface area contributed by atoms with Gasteiger partial charge in [-0.2, -0.15) is 0 Å². The molecule has 1 rings (SSSR count). The molecule has 0 unspecified atom stereocenters. The molecule has 0 saturated carbocycles. The van der Waals surface area contributed by atoms with Crippen LogP contribution in [0, 0.1) is 0 Å². The molecule has 0 bridgehead atoms. The van der Waals surface area contributed by atoms with Crippen molar-refractivity contribution in [2.45, 2.75) is 4.90 Å². The van der Waals surface area contributed by atoms with Crippen molar-refractivity contribution in [1.29, 1.82) is 0 Å². The zero-order valence-electron chi connectivity index (χ0n) is 4.54. The van der Waals surface area contributed by atoms with E-state index < -0.39 is 0 Å². The van der Waals surface area contributed by atoms with Crippen molar-refractivity contribution in [1.82, 2.24) is 6.15 Å². The van der Waals surface area contributed by atoms with Crippen molar-refractivity contribution in [3.05, 3.63) is 30.3 Å². The highest BCUT2D eigenvalue weighted by Crippen LogP contribution is 2.00. The Kier molecular flexibility index (Phi) is 3.31. The number of hydrogen-bond donors (Lipinski definition) is 2. The van der Waals surface area contributed by atoms with Crippen LogP contribution in [0.2, 0.25) is 0 Å². The van der Waals surface area contributed by atoms with E-state index in [0.717, 1.165) is 4.90 Å². The first-order valence-electron chi connectivity index (χ1n) is 2.13. The monoisotopic (exact) mass is 127 g/mol. The summed E-state index contributed by atoms with van der Waals surface area (Å²) < 4.78 is 0. The molecular formula is C6H9NS. The molecule has 44 valence electrons. The van der Waals surface area contributed by atoms with E-state index in [-0.39, 0.29) is 6.15 Å². The van der Waals surface area contributed by atoms with E-state index in [2.05, 4.69) is 12.6 Å². The van der Waals surface area contributed by atoms with Gasteiger partial charge < -0.3 is 6.15 Å². The lowest BCUT2D eigenvalue weighted by molar-refractivity contribution is 1.48. The zero-order valence-corrected chi connectivity index (χ0v) is 5.44. The van der Waals surface area contributed by atoms with Gasteiger partial charge in [-0.1, -0.05) is 18.2 Å². The maximum absolute atomic E-state index is 4.08. The molecule has 0 aliphatic carbocycles. The summed E-state index contributed by atoms with van der Waals surface area (Å²) in [6.45, 7) is 0. The summed E-state index contributed by atoms with van der Waals surface area (Å²) in [5.74, 6) is 0. The highest BCUT2D eigenvalue weighted by Gasteiger charge is 1.73. The minimum Gasteiger partial charge on any atom is -0.344 e. The zero-order chi connectivity index (χ0) is 5.11. The van der Waals surface area contributed by atoms with Crippen LogP contribution < -0.4 is 6.15 Å². The Labute approximate surface area is 54.7 Å². The topological polar surface area (TPSA) is 35.0 Å². The summed E-state index contributed by atoms with van der Waals surface area (Å²) in [5, 5.41) is 0. The Hall–Kier alpha value is -0.470. The van der Waals surface area contributed by atoms with Gasteiger partial charge >= 0.3 is 0 Å². The van der Waals surface area contributed by atoms with Gasteiger partial charge in [-0.15, -0.1) is 12.6 Å². The largest absolute Gasteiger partial charge is 0.344 e. The second-order valence-corrected chi connectivity index (χ2v) is 1.85. The molecule has 1 aromatic carbocycles. The van der Waals surface area contributed by atoms with Crippen molar-refractivity contribution < 1.29 is 0 Å². The Balaban J connectivity index is 0.000000490. The van der Waals surface area contributed by atoms with E-state index in [1.54, 1.807) is 0 Å². The maximum Gasteiger partial charge on any atom is 0.00399 e. The predicted molar refractivity (Wildman–Crippen MR) is 38.7 cm³/mol. The Morgan fingerprint density at radius 2 is 1.50 bits per heavy atom. The minimum atomic E-state index is 0. The van der Waals surface area contributed by atoms with E-state index in [1.165, 1.54) is 0 Å². The molecule has 8 heavy (non-hydrogen) atoms. The molecule has 3 N–H and O–H groups in total. The molecule has 0 fully saturated rings. The fourth-order valence-corrected chi connectivity index (χ4v) is 0.600. The molecule has 0 saturated heterocycles. The van der Waals surface area contributed by atoms with E-state index in [0.29, 0.717) is 0 Å². The molecule has 0 spiro atoms. The third kappa shape index (κ3) is 2.00. The lowest BCUT2D eigenvalue weighted by Crippen LogP contribution is -1.56. The van der Waals surface area contributed by atoms with Crippen molar-refractivity contribution in [3.63, 3.8) is 0 Å². The first-order valence-corrected chi connectivity index (χ1v) is 2.58. The van der Waals surface area contributed by atoms with Crippen molar-refractivity contribution in [2.75, 3.05) is 0 Å². The average Bonchev–Trinajstić information content (AvgIpc) is 1.69. The third-order valence-electron chi connectivity index (χ3n) is 0.756. The van der Waals surface area contributed by atoms with Gasteiger partial charge in [-0.05, 0) is 12.1 Å². The Bertz CT molecular complexity index is 138. The van der Waals surface area contributed by atoms with Crippen LogP contribution in [0.25, 0.3) is 0 Å². The molecule has 1 aromatic rings. The maximum atomic E-state index is 4.08. The van der Waals surface area contributed by atoms with Gasteiger partial charge in [0.15, 0.2) is 0 Å². The van der Waals surface area contributed by atoms with Crippen LogP contribution in [0.15, 0.2) is 35.2 Å². The molecule has 0 atom stereocenters. The molecule has 1 nitrogen and oxygen atoms in total. The van der Waals surface area contributed by atoms with Gasteiger partial charge in [0.25, 0.3) is 0 Å². The smallest absolute Gasteiger partial charge is 0.00399 e. The molecule has 2 heteroatoms. The van der Waals surface area contributed by atoms with Gasteiger partial charge in [0.05, 0.1) is 0 Å². The van der Waals surface area contributed by atoms with Crippen LogP contribution in [0.3, 0.4) is 0 Å². The summed E-state index contributed by atoms with van der Waals surface area (Å²) in [5.41, 5.74) is 0. The van der Waals surface area contributed by atoms with Crippen molar-refractivity contribution >= 4 is 12.6 Å². The number of hydrogen-bond acceptors (Lipinski definition) is 2. The standard InChI is InChI=1S/C6H6S.H3N/c7-6-4-2-1-3-5-6;/h1-5,7H;1H3. The quantitative estimate of drug-likeness (QED) is 0.514. The number of benzene rings is 1. The van der Waals surface area contributed by atoms with E-state index in [1.807, 2.05) is 30.3 Å². The summed E-state index contributed by atoms with van der Waals surface area (Å²) >= 11 is 4.08. The van der Waals surface area contributed by atoms with Crippen molar-refractivity contribution in [2.24, 2.45) is 0 Å². The fourth-order valence-electron chi connectivity index (χ4n) is 0.428. The fraction of sp³-hybridized carbons (Fsp3) is 0. The van der Waals surface area contributed by atoms with Gasteiger partial charge in [0.2, 0.25) is 0 Å². The van der Waals surface area contributed by atoms with Crippen LogP contribution in [-0.4, -0.2) is 0 Å². The lowest BCUT2D eigenvalue weighted by Gasteiger charge is -1.81. The molecule has 0 radical (unpaired) electrons. The summed E-state index contributed by atoms with van der Waals surface area (Å²) in [6, 6.07) is 9.79. The van der Waals surface area contributed by atoms with Gasteiger partial charge in [-0.25, -0.2) is 0 Å². The molecule has 0 aliphatic heterocycles. The summed E-state index contributed by atoms with van der Waals surface area (Å²) in [6.07, 6.45) is 0. The second-order valence-electron chi connectivity index (χ2n) is 1.34. The first kappa shape index (κ1) is 7.53. The molecule has 0 aliphatic rings. The molecule has 0 aromatic heterocycles. The summed E-state index contributed by atoms with van der Waals surface area (Å²) in [7, 11) is 0. The predicted octanol–water partition coefficient (Wildman–Crippen LogP) is 2.14. The second kappa shape index (κ2) is 3.52. The number of thiol groups is 1. The third-order valence-corrected chi connectivity index (χ3v) is 1.05. The number of rotatable bonds is 0. The summed E-state index contributed by atoms with van der Waals surface area (Å²) in [4.78, 5) is 1.02. The highest BCUT2D eigenvalue weighted by molar-refractivity contribution is 7.80. The van der Waals surface area contributed by atoms with Crippen LogP contribution in [0.1, 0.15) is 0 Å². The van der Waals surface area contributed by atoms with E-state index >= 15 is 0 Å². The highest BCUT2D eigenvalue weighted by atomic mass is 32.1. The minimum absolute atomic E-state index is 0. The van der Waals surface area contributed by atoms with E-state index in [4.69, 9.17) is 0 Å². The van der Waals surface area contributed by atoms with Crippen LogP contribution in [0.4, 0.5) is 0 Å².